The van der Waals surface area contributed by atoms with Gasteiger partial charge in [0, 0.05) is 48.0 Å². The lowest BCUT2D eigenvalue weighted by Gasteiger charge is -2.32. The highest BCUT2D eigenvalue weighted by molar-refractivity contribution is 6.04. The minimum Gasteiger partial charge on any atom is -0.361 e. The zero-order chi connectivity index (χ0) is 21.9. The quantitative estimate of drug-likeness (QED) is 0.491. The first-order valence-electron chi connectivity index (χ1n) is 9.80. The van der Waals surface area contributed by atoms with Crippen molar-refractivity contribution in [3.8, 4) is 11.3 Å². The molecule has 0 unspecified atom stereocenters. The Morgan fingerprint density at radius 2 is 1.94 bits per heavy atom. The number of hydrogen-bond acceptors (Lipinski definition) is 3. The minimum absolute atomic E-state index is 0.207. The van der Waals surface area contributed by atoms with Crippen LogP contribution in [0.15, 0.2) is 36.7 Å². The van der Waals surface area contributed by atoms with Crippen molar-refractivity contribution < 1.29 is 18.0 Å². The number of aromatic nitrogens is 4. The van der Waals surface area contributed by atoms with E-state index >= 15 is 0 Å². The lowest BCUT2D eigenvalue weighted by Crippen LogP contribution is -2.39. The van der Waals surface area contributed by atoms with Crippen molar-refractivity contribution in [3.05, 3.63) is 71.1 Å². The lowest BCUT2D eigenvalue weighted by molar-refractivity contribution is 0.0670. The summed E-state index contributed by atoms with van der Waals surface area (Å²) < 4.78 is 42.6. The molecule has 4 aromatic rings. The fraction of sp³-hybridized carbons (Fsp3) is 0.227. The summed E-state index contributed by atoms with van der Waals surface area (Å²) in [6.45, 7) is 2.25. The molecule has 4 heterocycles. The smallest absolute Gasteiger partial charge is 0.273 e. The summed E-state index contributed by atoms with van der Waals surface area (Å²) in [5, 5.41) is 5.27. The highest BCUT2D eigenvalue weighted by atomic mass is 19.2. The Bertz CT molecular complexity index is 1320. The molecule has 0 fully saturated rings. The Hall–Kier alpha value is -3.62. The Morgan fingerprint density at radius 3 is 2.68 bits per heavy atom. The van der Waals surface area contributed by atoms with Crippen LogP contribution in [0.5, 0.6) is 0 Å². The van der Waals surface area contributed by atoms with Gasteiger partial charge < -0.3 is 9.88 Å². The van der Waals surface area contributed by atoms with Crippen LogP contribution in [0.1, 0.15) is 34.7 Å². The first-order valence-corrected chi connectivity index (χ1v) is 9.80. The second-order valence-corrected chi connectivity index (χ2v) is 7.61. The number of benzene rings is 1. The molecule has 31 heavy (non-hydrogen) atoms. The second-order valence-electron chi connectivity index (χ2n) is 7.61. The predicted octanol–water partition coefficient (Wildman–Crippen LogP) is 4.14. The molecule has 1 aliphatic heterocycles. The molecule has 1 atom stereocenters. The van der Waals surface area contributed by atoms with Crippen LogP contribution in [0.25, 0.3) is 22.2 Å². The number of carbonyl (C=O) groups excluding carboxylic acids is 1. The van der Waals surface area contributed by atoms with Crippen molar-refractivity contribution in [2.24, 2.45) is 7.05 Å². The van der Waals surface area contributed by atoms with Gasteiger partial charge in [-0.25, -0.2) is 13.2 Å². The third kappa shape index (κ3) is 2.91. The van der Waals surface area contributed by atoms with E-state index in [0.29, 0.717) is 30.0 Å². The number of H-pyrrole nitrogens is 1. The first kappa shape index (κ1) is 19.3. The average Bonchev–Trinajstić information content (AvgIpc) is 3.35. The SMILES string of the molecule is C[C@H]1c2nn(C)c(-c3cc(F)c(F)c(F)c3)c2CCN1C(=O)c1nccc2[nH]ccc12. The highest BCUT2D eigenvalue weighted by Gasteiger charge is 2.34. The summed E-state index contributed by atoms with van der Waals surface area (Å²) in [4.78, 5) is 22.3. The van der Waals surface area contributed by atoms with Crippen molar-refractivity contribution >= 4 is 16.8 Å². The molecule has 158 valence electrons. The van der Waals surface area contributed by atoms with Crippen LogP contribution in [0.2, 0.25) is 0 Å². The zero-order valence-electron chi connectivity index (χ0n) is 16.8. The number of carbonyl (C=O) groups is 1. The van der Waals surface area contributed by atoms with Crippen LogP contribution in [-0.4, -0.2) is 37.1 Å². The normalized spacial score (nSPS) is 16.0. The topological polar surface area (TPSA) is 66.8 Å². The van der Waals surface area contributed by atoms with E-state index in [0.717, 1.165) is 28.6 Å². The molecule has 1 amide bonds. The van der Waals surface area contributed by atoms with Gasteiger partial charge in [0.2, 0.25) is 0 Å². The third-order valence-electron chi connectivity index (χ3n) is 5.84. The first-order chi connectivity index (χ1) is 14.9. The summed E-state index contributed by atoms with van der Waals surface area (Å²) >= 11 is 0. The molecule has 0 saturated carbocycles. The Morgan fingerprint density at radius 1 is 1.19 bits per heavy atom. The molecular weight excluding hydrogens is 407 g/mol. The Kier molecular flexibility index (Phi) is 4.35. The summed E-state index contributed by atoms with van der Waals surface area (Å²) in [6.07, 6.45) is 3.79. The van der Waals surface area contributed by atoms with Gasteiger partial charge >= 0.3 is 0 Å². The minimum atomic E-state index is -1.50. The van der Waals surface area contributed by atoms with E-state index in [-0.39, 0.29) is 17.5 Å². The van der Waals surface area contributed by atoms with Crippen LogP contribution in [0.4, 0.5) is 13.2 Å². The highest BCUT2D eigenvalue weighted by Crippen LogP contribution is 2.37. The van der Waals surface area contributed by atoms with E-state index in [1.807, 2.05) is 13.0 Å². The molecule has 9 heteroatoms. The van der Waals surface area contributed by atoms with Gasteiger partial charge in [-0.1, -0.05) is 0 Å². The van der Waals surface area contributed by atoms with E-state index in [2.05, 4.69) is 15.1 Å². The van der Waals surface area contributed by atoms with E-state index in [9.17, 15) is 18.0 Å². The molecule has 6 nitrogen and oxygen atoms in total. The number of halogens is 3. The number of aryl methyl sites for hydroxylation is 1. The van der Waals surface area contributed by atoms with Gasteiger partial charge in [0.05, 0.1) is 17.4 Å². The average molecular weight is 425 g/mol. The maximum atomic E-state index is 13.8. The van der Waals surface area contributed by atoms with Gasteiger partial charge in [-0.05, 0) is 37.6 Å². The summed E-state index contributed by atoms with van der Waals surface area (Å²) in [6, 6.07) is 5.17. The Labute approximate surface area is 175 Å². The molecular formula is C22H18F3N5O. The molecule has 0 saturated heterocycles. The number of fused-ring (bicyclic) bond motifs is 2. The van der Waals surface area contributed by atoms with Crippen LogP contribution < -0.4 is 0 Å². The second kappa shape index (κ2) is 6.97. The van der Waals surface area contributed by atoms with Gasteiger partial charge in [0.1, 0.15) is 5.69 Å². The van der Waals surface area contributed by atoms with Gasteiger partial charge in [0.25, 0.3) is 5.91 Å². The number of hydrogen-bond donors (Lipinski definition) is 1. The van der Waals surface area contributed by atoms with E-state index in [4.69, 9.17) is 0 Å². The van der Waals surface area contributed by atoms with Gasteiger partial charge in [-0.2, -0.15) is 5.10 Å². The van der Waals surface area contributed by atoms with Crippen LogP contribution in [0, 0.1) is 17.5 Å². The van der Waals surface area contributed by atoms with Crippen molar-refractivity contribution in [2.75, 3.05) is 6.54 Å². The number of nitrogens with one attached hydrogen (secondary N) is 1. The fourth-order valence-corrected chi connectivity index (χ4v) is 4.36. The zero-order valence-corrected chi connectivity index (χ0v) is 16.8. The van der Waals surface area contributed by atoms with Crippen molar-refractivity contribution in [1.82, 2.24) is 24.6 Å². The molecule has 0 bridgehead atoms. The summed E-state index contributed by atoms with van der Waals surface area (Å²) in [5.74, 6) is -4.22. The van der Waals surface area contributed by atoms with Crippen LogP contribution in [0.3, 0.4) is 0 Å². The number of amides is 1. The van der Waals surface area contributed by atoms with Crippen LogP contribution in [-0.2, 0) is 13.5 Å². The van der Waals surface area contributed by atoms with E-state index < -0.39 is 17.5 Å². The maximum absolute atomic E-state index is 13.8. The monoisotopic (exact) mass is 425 g/mol. The molecule has 0 radical (unpaired) electrons. The lowest BCUT2D eigenvalue weighted by atomic mass is 9.95. The number of pyridine rings is 1. The number of nitrogens with zero attached hydrogens (tertiary/aromatic N) is 4. The molecule has 0 aliphatic carbocycles. The third-order valence-corrected chi connectivity index (χ3v) is 5.84. The summed E-state index contributed by atoms with van der Waals surface area (Å²) in [5.41, 5.74) is 3.33. The largest absolute Gasteiger partial charge is 0.361 e. The molecule has 5 rings (SSSR count). The molecule has 1 N–H and O–H groups in total. The van der Waals surface area contributed by atoms with Crippen molar-refractivity contribution in [1.29, 1.82) is 0 Å². The van der Waals surface area contributed by atoms with Gasteiger partial charge in [-0.3, -0.25) is 14.5 Å². The van der Waals surface area contributed by atoms with Gasteiger partial charge in [0.15, 0.2) is 17.5 Å². The fourth-order valence-electron chi connectivity index (χ4n) is 4.36. The molecule has 0 spiro atoms. The standard InChI is InChI=1S/C22H18F3N5O/c1-11-19-14(21(29(2)28-19)12-9-15(23)18(25)16(24)10-12)5-8-30(11)22(31)20-13-3-6-26-17(13)4-7-27-20/h3-4,6-7,9-11,26H,5,8H2,1-2H3/t11-/m0/s1. The van der Waals surface area contributed by atoms with Crippen molar-refractivity contribution in [2.45, 2.75) is 19.4 Å². The van der Waals surface area contributed by atoms with Crippen LogP contribution >= 0.6 is 0 Å². The van der Waals surface area contributed by atoms with Gasteiger partial charge in [-0.15, -0.1) is 0 Å². The summed E-state index contributed by atoms with van der Waals surface area (Å²) in [7, 11) is 1.66. The molecule has 3 aromatic heterocycles. The van der Waals surface area contributed by atoms with E-state index in [1.165, 1.54) is 4.68 Å². The van der Waals surface area contributed by atoms with Crippen molar-refractivity contribution in [3.63, 3.8) is 0 Å². The maximum Gasteiger partial charge on any atom is 0.273 e. The molecule has 1 aliphatic rings. The Balaban J connectivity index is 1.54. The predicted molar refractivity (Wildman–Crippen MR) is 108 cm³/mol. The molecule has 1 aromatic carbocycles. The van der Waals surface area contributed by atoms with E-state index in [1.54, 1.807) is 30.4 Å². The number of rotatable bonds is 2. The number of aromatic amines is 1.